The van der Waals surface area contributed by atoms with Crippen LogP contribution in [0.3, 0.4) is 0 Å². The third-order valence-electron chi connectivity index (χ3n) is 7.04. The number of fused-ring (bicyclic) bond motifs is 1. The molecule has 0 saturated carbocycles. The van der Waals surface area contributed by atoms with Gasteiger partial charge in [0.05, 0.1) is 37.5 Å². The van der Waals surface area contributed by atoms with E-state index in [0.717, 1.165) is 17.5 Å². The Morgan fingerprint density at radius 1 is 1.12 bits per heavy atom. The number of thiophene rings is 1. The molecule has 0 spiro atoms. The summed E-state index contributed by atoms with van der Waals surface area (Å²) in [6.07, 6.45) is 1.18. The van der Waals surface area contributed by atoms with E-state index >= 15 is 4.39 Å². The number of ether oxygens (including phenoxy) is 3. The van der Waals surface area contributed by atoms with Crippen molar-refractivity contribution in [2.45, 2.75) is 32.1 Å². The molecule has 1 aliphatic rings. The Bertz CT molecular complexity index is 1820. The third-order valence-corrected chi connectivity index (χ3v) is 8.04. The van der Waals surface area contributed by atoms with Gasteiger partial charge in [-0.1, -0.05) is 36.4 Å². The first-order chi connectivity index (χ1) is 20.4. The van der Waals surface area contributed by atoms with Crippen LogP contribution in [-0.4, -0.2) is 40.3 Å². The highest BCUT2D eigenvalue weighted by molar-refractivity contribution is 7.20. The van der Waals surface area contributed by atoms with E-state index in [-0.39, 0.29) is 25.0 Å². The van der Waals surface area contributed by atoms with E-state index in [1.54, 1.807) is 42.5 Å². The smallest absolute Gasteiger partial charge is 0.348 e. The molecule has 0 aliphatic carbocycles. The fourth-order valence-corrected chi connectivity index (χ4v) is 5.63. The second-order valence-corrected chi connectivity index (χ2v) is 10.8. The summed E-state index contributed by atoms with van der Waals surface area (Å²) in [5.41, 5.74) is 3.31. The van der Waals surface area contributed by atoms with Gasteiger partial charge in [0.2, 0.25) is 0 Å². The molecule has 5 aromatic rings. The van der Waals surface area contributed by atoms with Crippen molar-refractivity contribution < 1.29 is 27.8 Å². The van der Waals surface area contributed by atoms with Crippen LogP contribution in [-0.2, 0) is 29.0 Å². The van der Waals surface area contributed by atoms with Crippen LogP contribution >= 0.6 is 11.3 Å². The highest BCUT2D eigenvalue weighted by atomic mass is 32.1. The Morgan fingerprint density at radius 3 is 2.62 bits per heavy atom. The fraction of sp³-hybridized carbons (Fsp3) is 0.226. The van der Waals surface area contributed by atoms with E-state index < -0.39 is 17.6 Å². The number of hydrogen-bond donors (Lipinski definition) is 0. The van der Waals surface area contributed by atoms with Crippen molar-refractivity contribution >= 4 is 33.3 Å². The number of rotatable bonds is 9. The number of carbonyl (C=O) groups excluding carboxylic acids is 1. The van der Waals surface area contributed by atoms with Gasteiger partial charge in [-0.3, -0.25) is 0 Å². The van der Waals surface area contributed by atoms with Crippen LogP contribution in [0.4, 0.5) is 14.5 Å². The molecule has 1 aliphatic heterocycles. The number of halogens is 2. The van der Waals surface area contributed by atoms with E-state index in [0.29, 0.717) is 51.2 Å². The van der Waals surface area contributed by atoms with E-state index in [9.17, 15) is 9.18 Å². The van der Waals surface area contributed by atoms with E-state index in [4.69, 9.17) is 25.8 Å². The van der Waals surface area contributed by atoms with E-state index in [1.165, 1.54) is 36.6 Å². The summed E-state index contributed by atoms with van der Waals surface area (Å²) in [6.45, 7) is 8.35. The zero-order valence-electron chi connectivity index (χ0n) is 22.5. The SMILES string of the molecule is [C-]#[N+]c1ccc(COc2nc(-c3ccc(Cc4nc5sc(C(=O)OC)cc5n4C[C@@H]4CCO4)c(F)c3)ccc2F)cc1. The number of benzene rings is 2. The predicted molar refractivity (Wildman–Crippen MR) is 153 cm³/mol. The standard InChI is InChI=1S/C31H24F2N4O4S/c1-34-21-7-3-18(4-8-21)17-41-29-23(32)9-10-25(35-29)20-6-5-19(24(33)13-20)14-28-36-30-26(15-27(42-30)31(38)39-2)37(28)16-22-11-12-40-22/h3-10,13,15,22H,11-12,14,16-17H2,2H3/t22-/m0/s1. The van der Waals surface area contributed by atoms with Crippen molar-refractivity contribution in [3.8, 4) is 17.1 Å². The number of imidazole rings is 1. The molecule has 212 valence electrons. The van der Waals surface area contributed by atoms with Crippen molar-refractivity contribution in [3.05, 3.63) is 106 Å². The molecule has 1 saturated heterocycles. The Balaban J connectivity index is 1.23. The molecule has 0 unspecified atom stereocenters. The van der Waals surface area contributed by atoms with Gasteiger partial charge in [-0.15, -0.1) is 11.3 Å². The van der Waals surface area contributed by atoms with E-state index in [1.807, 2.05) is 4.57 Å². The first-order valence-corrected chi connectivity index (χ1v) is 14.0. The Labute approximate surface area is 243 Å². The fourth-order valence-electron chi connectivity index (χ4n) is 4.66. The number of hydrogen-bond acceptors (Lipinski definition) is 7. The number of esters is 1. The molecule has 0 N–H and O–H groups in total. The van der Waals surface area contributed by atoms with Crippen LogP contribution in [0.5, 0.6) is 5.88 Å². The monoisotopic (exact) mass is 586 g/mol. The van der Waals surface area contributed by atoms with Gasteiger partial charge in [0, 0.05) is 18.6 Å². The van der Waals surface area contributed by atoms with Crippen LogP contribution in [0.25, 0.3) is 26.4 Å². The molecule has 3 aromatic heterocycles. The molecule has 0 amide bonds. The number of methoxy groups -OCH3 is 1. The first-order valence-electron chi connectivity index (χ1n) is 13.1. The van der Waals surface area contributed by atoms with Crippen LogP contribution in [0, 0.1) is 18.2 Å². The van der Waals surface area contributed by atoms with Gasteiger partial charge in [-0.2, -0.15) is 0 Å². The van der Waals surface area contributed by atoms with Crippen molar-refractivity contribution in [2.75, 3.05) is 13.7 Å². The van der Waals surface area contributed by atoms with Gasteiger partial charge >= 0.3 is 5.97 Å². The lowest BCUT2D eigenvalue weighted by Gasteiger charge is -2.27. The number of pyridine rings is 1. The van der Waals surface area contributed by atoms with E-state index in [2.05, 4.69) is 9.83 Å². The first kappa shape index (κ1) is 27.5. The number of aromatic nitrogens is 3. The van der Waals surface area contributed by atoms with Gasteiger partial charge in [-0.05, 0) is 41.8 Å². The van der Waals surface area contributed by atoms with Gasteiger partial charge in [0.1, 0.15) is 28.0 Å². The van der Waals surface area contributed by atoms with Gasteiger partial charge in [0.15, 0.2) is 11.5 Å². The summed E-state index contributed by atoms with van der Waals surface area (Å²) in [5, 5.41) is 0. The average Bonchev–Trinajstić information content (AvgIpc) is 3.53. The topological polar surface area (TPSA) is 79.8 Å². The maximum absolute atomic E-state index is 15.4. The molecule has 2 aromatic carbocycles. The Morgan fingerprint density at radius 2 is 1.93 bits per heavy atom. The minimum absolute atomic E-state index is 0.0360. The highest BCUT2D eigenvalue weighted by Crippen LogP contribution is 2.31. The minimum atomic E-state index is -0.633. The third kappa shape index (κ3) is 5.59. The summed E-state index contributed by atoms with van der Waals surface area (Å²) in [5.74, 6) is -1.04. The Kier molecular flexibility index (Phi) is 7.65. The number of nitrogens with zero attached hydrogens (tertiary/aromatic N) is 4. The van der Waals surface area contributed by atoms with Crippen molar-refractivity contribution in [2.24, 2.45) is 0 Å². The molecule has 8 nitrogen and oxygen atoms in total. The normalized spacial score (nSPS) is 14.4. The molecular weight excluding hydrogens is 562 g/mol. The maximum atomic E-state index is 15.4. The molecule has 1 fully saturated rings. The molecule has 0 radical (unpaired) electrons. The molecule has 6 rings (SSSR count). The zero-order valence-corrected chi connectivity index (χ0v) is 23.3. The largest absolute Gasteiger partial charge is 0.471 e. The summed E-state index contributed by atoms with van der Waals surface area (Å²) in [6, 6.07) is 16.0. The van der Waals surface area contributed by atoms with Crippen molar-refractivity contribution in [1.29, 1.82) is 0 Å². The lowest BCUT2D eigenvalue weighted by molar-refractivity contribution is -0.0589. The molecule has 11 heteroatoms. The van der Waals surface area contributed by atoms with Crippen LogP contribution < -0.4 is 4.74 Å². The zero-order chi connectivity index (χ0) is 29.2. The summed E-state index contributed by atoms with van der Waals surface area (Å²) < 4.78 is 47.9. The van der Waals surface area contributed by atoms with Gasteiger partial charge in [0.25, 0.3) is 5.88 Å². The molecule has 0 bridgehead atoms. The average molecular weight is 587 g/mol. The summed E-state index contributed by atoms with van der Waals surface area (Å²) >= 11 is 1.24. The molecular formula is C31H24F2N4O4S. The van der Waals surface area contributed by atoms with Crippen molar-refractivity contribution in [3.63, 3.8) is 0 Å². The van der Waals surface area contributed by atoms with Crippen molar-refractivity contribution in [1.82, 2.24) is 14.5 Å². The van der Waals surface area contributed by atoms with Gasteiger partial charge < -0.3 is 18.8 Å². The number of carbonyl (C=O) groups is 1. The molecule has 1 atom stereocenters. The second kappa shape index (κ2) is 11.7. The van der Waals surface area contributed by atoms with Crippen LogP contribution in [0.1, 0.15) is 33.0 Å². The summed E-state index contributed by atoms with van der Waals surface area (Å²) in [7, 11) is 1.34. The summed E-state index contributed by atoms with van der Waals surface area (Å²) in [4.78, 5) is 25.5. The lowest BCUT2D eigenvalue weighted by atomic mass is 10.0. The second-order valence-electron chi connectivity index (χ2n) is 9.75. The van der Waals surface area contributed by atoms with Crippen LogP contribution in [0.2, 0.25) is 0 Å². The highest BCUT2D eigenvalue weighted by Gasteiger charge is 2.24. The lowest BCUT2D eigenvalue weighted by Crippen LogP contribution is -2.31. The maximum Gasteiger partial charge on any atom is 0.348 e. The van der Waals surface area contributed by atoms with Crippen LogP contribution in [0.15, 0.2) is 60.7 Å². The quantitative estimate of drug-likeness (QED) is 0.141. The minimum Gasteiger partial charge on any atom is -0.471 e. The predicted octanol–water partition coefficient (Wildman–Crippen LogP) is 6.73. The molecule has 4 heterocycles. The molecule has 42 heavy (non-hydrogen) atoms. The Hall–Kier alpha value is -4.66. The van der Waals surface area contributed by atoms with Gasteiger partial charge in [-0.25, -0.2) is 28.4 Å².